The van der Waals surface area contributed by atoms with Crippen LogP contribution < -0.4 is 5.73 Å². The van der Waals surface area contributed by atoms with Crippen LogP contribution in [0.2, 0.25) is 0 Å². The minimum Gasteiger partial charge on any atom is -0.399 e. The summed E-state index contributed by atoms with van der Waals surface area (Å²) < 4.78 is 0. The first kappa shape index (κ1) is 12.9. The van der Waals surface area contributed by atoms with E-state index in [4.69, 9.17) is 5.73 Å². The summed E-state index contributed by atoms with van der Waals surface area (Å²) in [6.07, 6.45) is 5.47. The van der Waals surface area contributed by atoms with Crippen LogP contribution in [0.1, 0.15) is 53.9 Å². The minimum atomic E-state index is -0.838. The van der Waals surface area contributed by atoms with E-state index in [9.17, 15) is 5.11 Å². The molecule has 0 aromatic heterocycles. The Balaban J connectivity index is 1.84. The van der Waals surface area contributed by atoms with Crippen LogP contribution in [0.5, 0.6) is 0 Å². The summed E-state index contributed by atoms with van der Waals surface area (Å²) in [6.45, 7) is 0. The summed E-state index contributed by atoms with van der Waals surface area (Å²) in [4.78, 5) is 0. The van der Waals surface area contributed by atoms with Crippen LogP contribution in [0.25, 0.3) is 0 Å². The molecule has 0 aliphatic heterocycles. The average Bonchev–Trinajstić information content (AvgIpc) is 2.75. The van der Waals surface area contributed by atoms with Crippen molar-refractivity contribution < 1.29 is 5.11 Å². The maximum atomic E-state index is 11.4. The van der Waals surface area contributed by atoms with Crippen LogP contribution in [-0.4, -0.2) is 5.11 Å². The Morgan fingerprint density at radius 2 is 1.86 bits per heavy atom. The maximum Gasteiger partial charge on any atom is 0.115 e. The molecular formula is C19H21NO. The number of hydrogen-bond donors (Lipinski definition) is 2. The van der Waals surface area contributed by atoms with Crippen LogP contribution >= 0.6 is 0 Å². The Labute approximate surface area is 125 Å². The number of aryl methyl sites for hydroxylation is 1. The lowest BCUT2D eigenvalue weighted by atomic mass is 9.74. The van der Waals surface area contributed by atoms with Gasteiger partial charge in [0, 0.05) is 5.69 Å². The monoisotopic (exact) mass is 279 g/mol. The van der Waals surface area contributed by atoms with Crippen molar-refractivity contribution in [1.29, 1.82) is 0 Å². The molecule has 2 aliphatic carbocycles. The predicted octanol–water partition coefficient (Wildman–Crippen LogP) is 3.72. The number of benzene rings is 2. The summed E-state index contributed by atoms with van der Waals surface area (Å²) in [7, 11) is 0. The molecule has 0 heterocycles. The van der Waals surface area contributed by atoms with Crippen LogP contribution in [0.4, 0.5) is 5.69 Å². The quantitative estimate of drug-likeness (QED) is 0.823. The van der Waals surface area contributed by atoms with Gasteiger partial charge in [-0.1, -0.05) is 36.8 Å². The molecule has 1 saturated carbocycles. The summed E-state index contributed by atoms with van der Waals surface area (Å²) >= 11 is 0. The van der Waals surface area contributed by atoms with E-state index in [1.807, 2.05) is 24.3 Å². The van der Waals surface area contributed by atoms with E-state index >= 15 is 0 Å². The molecule has 0 radical (unpaired) electrons. The topological polar surface area (TPSA) is 46.2 Å². The van der Waals surface area contributed by atoms with Crippen molar-refractivity contribution in [3.63, 3.8) is 0 Å². The zero-order valence-corrected chi connectivity index (χ0v) is 12.2. The van der Waals surface area contributed by atoms with Gasteiger partial charge in [0.25, 0.3) is 0 Å². The Morgan fingerprint density at radius 1 is 1.05 bits per heavy atom. The lowest BCUT2D eigenvalue weighted by Gasteiger charge is -2.33. The van der Waals surface area contributed by atoms with E-state index in [2.05, 4.69) is 18.2 Å². The highest BCUT2D eigenvalue weighted by molar-refractivity contribution is 5.54. The minimum absolute atomic E-state index is 0.628. The fourth-order valence-corrected chi connectivity index (χ4v) is 3.90. The van der Waals surface area contributed by atoms with E-state index in [1.54, 1.807) is 0 Å². The van der Waals surface area contributed by atoms with Crippen LogP contribution in [0.15, 0.2) is 42.5 Å². The highest BCUT2D eigenvalue weighted by Crippen LogP contribution is 2.47. The molecule has 2 aromatic rings. The smallest absolute Gasteiger partial charge is 0.115 e. The summed E-state index contributed by atoms with van der Waals surface area (Å²) in [5.41, 5.74) is 10.5. The number of hydrogen-bond acceptors (Lipinski definition) is 2. The Kier molecular flexibility index (Phi) is 2.83. The van der Waals surface area contributed by atoms with Gasteiger partial charge in [-0.25, -0.2) is 0 Å². The first-order chi connectivity index (χ1) is 10.2. The van der Waals surface area contributed by atoms with Crippen molar-refractivity contribution in [2.24, 2.45) is 0 Å². The molecule has 2 heteroatoms. The lowest BCUT2D eigenvalue weighted by molar-refractivity contribution is 0.0810. The average molecular weight is 279 g/mol. The second-order valence-corrected chi connectivity index (χ2v) is 6.49. The molecule has 2 aromatic carbocycles. The number of anilines is 1. The predicted molar refractivity (Wildman–Crippen MR) is 85.2 cm³/mol. The van der Waals surface area contributed by atoms with Gasteiger partial charge < -0.3 is 10.8 Å². The molecule has 0 amide bonds. The number of nitrogen functional groups attached to an aromatic ring is 1. The normalized spacial score (nSPS) is 24.6. The second kappa shape index (κ2) is 4.60. The third-order valence-corrected chi connectivity index (χ3v) is 5.28. The van der Waals surface area contributed by atoms with E-state index < -0.39 is 5.60 Å². The van der Waals surface area contributed by atoms with Crippen LogP contribution in [0.3, 0.4) is 0 Å². The molecule has 2 aliphatic rings. The molecular weight excluding hydrogens is 258 g/mol. The van der Waals surface area contributed by atoms with Crippen molar-refractivity contribution in [1.82, 2.24) is 0 Å². The summed E-state index contributed by atoms with van der Waals surface area (Å²) in [6, 6.07) is 14.4. The fraction of sp³-hybridized carbons (Fsp3) is 0.368. The largest absolute Gasteiger partial charge is 0.399 e. The van der Waals surface area contributed by atoms with Gasteiger partial charge in [0.15, 0.2) is 0 Å². The standard InChI is InChI=1S/C19H21NO/c20-15-8-9-17-14(12-15)10-11-19(17,21)18-7-2-1-6-16(18)13-4-3-5-13/h1-2,6-9,12-13,21H,3-5,10-11,20H2. The van der Waals surface area contributed by atoms with Gasteiger partial charge in [0.2, 0.25) is 0 Å². The number of aliphatic hydroxyl groups is 1. The molecule has 0 saturated heterocycles. The van der Waals surface area contributed by atoms with Gasteiger partial charge >= 0.3 is 0 Å². The van der Waals surface area contributed by atoms with Gasteiger partial charge in [-0.15, -0.1) is 0 Å². The number of nitrogens with two attached hydrogens (primary N) is 1. The molecule has 1 atom stereocenters. The van der Waals surface area contributed by atoms with E-state index in [0.717, 1.165) is 29.7 Å². The molecule has 0 bridgehead atoms. The van der Waals surface area contributed by atoms with E-state index in [0.29, 0.717) is 5.92 Å². The molecule has 21 heavy (non-hydrogen) atoms. The van der Waals surface area contributed by atoms with E-state index in [-0.39, 0.29) is 0 Å². The molecule has 0 spiro atoms. The molecule has 3 N–H and O–H groups in total. The van der Waals surface area contributed by atoms with Crippen molar-refractivity contribution in [2.75, 3.05) is 5.73 Å². The molecule has 4 rings (SSSR count). The van der Waals surface area contributed by atoms with Crippen molar-refractivity contribution in [3.05, 3.63) is 64.7 Å². The van der Waals surface area contributed by atoms with Gasteiger partial charge in [0.1, 0.15) is 5.60 Å². The van der Waals surface area contributed by atoms with Gasteiger partial charge in [-0.2, -0.15) is 0 Å². The lowest BCUT2D eigenvalue weighted by Crippen LogP contribution is -2.27. The highest BCUT2D eigenvalue weighted by Gasteiger charge is 2.40. The highest BCUT2D eigenvalue weighted by atomic mass is 16.3. The second-order valence-electron chi connectivity index (χ2n) is 6.49. The zero-order chi connectivity index (χ0) is 14.4. The zero-order valence-electron chi connectivity index (χ0n) is 12.2. The Hall–Kier alpha value is -1.80. The third kappa shape index (κ3) is 1.90. The van der Waals surface area contributed by atoms with Crippen LogP contribution in [-0.2, 0) is 12.0 Å². The fourth-order valence-electron chi connectivity index (χ4n) is 3.90. The SMILES string of the molecule is Nc1ccc2c(c1)CCC2(O)c1ccccc1C1CCC1. The molecule has 1 unspecified atom stereocenters. The van der Waals surface area contributed by atoms with Gasteiger partial charge in [-0.3, -0.25) is 0 Å². The van der Waals surface area contributed by atoms with Gasteiger partial charge in [0.05, 0.1) is 0 Å². The van der Waals surface area contributed by atoms with Crippen molar-refractivity contribution >= 4 is 5.69 Å². The number of fused-ring (bicyclic) bond motifs is 1. The molecule has 1 fully saturated rings. The van der Waals surface area contributed by atoms with Crippen molar-refractivity contribution in [2.45, 2.75) is 43.6 Å². The number of rotatable bonds is 2. The van der Waals surface area contributed by atoms with Gasteiger partial charge in [-0.05, 0) is 66.0 Å². The van der Waals surface area contributed by atoms with E-state index in [1.165, 1.54) is 30.4 Å². The first-order valence-corrected chi connectivity index (χ1v) is 7.89. The summed E-state index contributed by atoms with van der Waals surface area (Å²) in [5.74, 6) is 0.628. The Morgan fingerprint density at radius 3 is 2.62 bits per heavy atom. The third-order valence-electron chi connectivity index (χ3n) is 5.28. The van der Waals surface area contributed by atoms with Crippen LogP contribution in [0, 0.1) is 0 Å². The molecule has 108 valence electrons. The van der Waals surface area contributed by atoms with Crippen molar-refractivity contribution in [3.8, 4) is 0 Å². The first-order valence-electron chi connectivity index (χ1n) is 7.89. The maximum absolute atomic E-state index is 11.4. The Bertz CT molecular complexity index is 690. The summed E-state index contributed by atoms with van der Waals surface area (Å²) in [5, 5.41) is 11.4. The molecule has 2 nitrogen and oxygen atoms in total.